The molecule has 0 radical (unpaired) electrons. The van der Waals surface area contributed by atoms with Crippen LogP contribution in [-0.2, 0) is 0 Å². The van der Waals surface area contributed by atoms with Gasteiger partial charge in [-0.3, -0.25) is 0 Å². The van der Waals surface area contributed by atoms with E-state index >= 15 is 0 Å². The molecule has 0 bridgehead atoms. The molecular formula is C5H10F3N. The average molecular weight is 141 g/mol. The van der Waals surface area contributed by atoms with E-state index in [0.29, 0.717) is 6.54 Å². The second kappa shape index (κ2) is 3.06. The molecule has 0 spiro atoms. The van der Waals surface area contributed by atoms with Gasteiger partial charge >= 0.3 is 6.18 Å². The number of alkyl halides is 3. The minimum absolute atomic E-state index is 0.348. The number of hydrogen-bond acceptors (Lipinski definition) is 1. The fraction of sp³-hybridized carbons (Fsp3) is 1.00. The molecule has 0 unspecified atom stereocenters. The second-order valence-electron chi connectivity index (χ2n) is 1.82. The predicted octanol–water partition coefficient (Wildman–Crippen LogP) is 1.55. The average Bonchev–Trinajstić information content (AvgIpc) is 1.64. The van der Waals surface area contributed by atoms with Gasteiger partial charge in [-0.1, -0.05) is 6.92 Å². The maximum atomic E-state index is 11.6. The molecule has 0 amide bonds. The van der Waals surface area contributed by atoms with Gasteiger partial charge < -0.3 is 5.32 Å². The van der Waals surface area contributed by atoms with Crippen molar-refractivity contribution >= 4 is 0 Å². The van der Waals surface area contributed by atoms with Gasteiger partial charge in [-0.2, -0.15) is 13.2 Å². The summed E-state index contributed by atoms with van der Waals surface area (Å²) in [5.74, 6) is 0. The highest BCUT2D eigenvalue weighted by molar-refractivity contribution is 4.67. The topological polar surface area (TPSA) is 12.0 Å². The van der Waals surface area contributed by atoms with Crippen LogP contribution < -0.4 is 5.32 Å². The molecule has 4 heteroatoms. The minimum Gasteiger partial charge on any atom is -0.307 e. The van der Waals surface area contributed by atoms with Crippen LogP contribution in [0.3, 0.4) is 0 Å². The van der Waals surface area contributed by atoms with Gasteiger partial charge in [0, 0.05) is 0 Å². The fourth-order valence-corrected chi connectivity index (χ4v) is 0.422. The molecule has 0 aromatic carbocycles. The van der Waals surface area contributed by atoms with Gasteiger partial charge in [0.15, 0.2) is 0 Å². The lowest BCUT2D eigenvalue weighted by molar-refractivity contribution is -0.151. The summed E-state index contributed by atoms with van der Waals surface area (Å²) in [6, 6.07) is -1.39. The summed E-state index contributed by atoms with van der Waals surface area (Å²) in [4.78, 5) is 0. The first-order chi connectivity index (χ1) is 3.98. The van der Waals surface area contributed by atoms with E-state index in [1.807, 2.05) is 0 Å². The van der Waals surface area contributed by atoms with E-state index < -0.39 is 12.2 Å². The summed E-state index contributed by atoms with van der Waals surface area (Å²) in [7, 11) is 0. The number of rotatable bonds is 2. The maximum Gasteiger partial charge on any atom is 0.403 e. The highest BCUT2D eigenvalue weighted by Gasteiger charge is 2.34. The normalized spacial score (nSPS) is 15.7. The Morgan fingerprint density at radius 3 is 2.00 bits per heavy atom. The van der Waals surface area contributed by atoms with Crippen LogP contribution in [0, 0.1) is 0 Å². The van der Waals surface area contributed by atoms with E-state index in [9.17, 15) is 13.2 Å². The molecule has 0 aliphatic rings. The molecule has 1 nitrogen and oxygen atoms in total. The quantitative estimate of drug-likeness (QED) is 0.615. The zero-order valence-electron chi connectivity index (χ0n) is 5.42. The lowest BCUT2D eigenvalue weighted by Gasteiger charge is -2.15. The summed E-state index contributed by atoms with van der Waals surface area (Å²) in [6.45, 7) is 3.09. The lowest BCUT2D eigenvalue weighted by Crippen LogP contribution is -2.39. The zero-order chi connectivity index (χ0) is 7.49. The van der Waals surface area contributed by atoms with Crippen LogP contribution in [0.1, 0.15) is 13.8 Å². The summed E-state index contributed by atoms with van der Waals surface area (Å²) < 4.78 is 34.7. The zero-order valence-corrected chi connectivity index (χ0v) is 5.42. The Kier molecular flexibility index (Phi) is 2.97. The number of nitrogens with one attached hydrogen (secondary N) is 1. The second-order valence-corrected chi connectivity index (χ2v) is 1.82. The first kappa shape index (κ1) is 8.75. The van der Waals surface area contributed by atoms with Crippen molar-refractivity contribution in [2.45, 2.75) is 26.1 Å². The van der Waals surface area contributed by atoms with Crippen LogP contribution in [0.4, 0.5) is 13.2 Å². The van der Waals surface area contributed by atoms with Gasteiger partial charge in [0.25, 0.3) is 0 Å². The predicted molar refractivity (Wildman–Crippen MR) is 29.2 cm³/mol. The van der Waals surface area contributed by atoms with Crippen LogP contribution >= 0.6 is 0 Å². The summed E-state index contributed by atoms with van der Waals surface area (Å²) >= 11 is 0. The van der Waals surface area contributed by atoms with E-state index in [2.05, 4.69) is 5.32 Å². The van der Waals surface area contributed by atoms with Gasteiger partial charge in [0.1, 0.15) is 6.04 Å². The van der Waals surface area contributed by atoms with Crippen molar-refractivity contribution in [3.63, 3.8) is 0 Å². The van der Waals surface area contributed by atoms with Crippen molar-refractivity contribution in [3.05, 3.63) is 0 Å². The lowest BCUT2D eigenvalue weighted by atomic mass is 10.3. The third kappa shape index (κ3) is 3.35. The Hall–Kier alpha value is -0.250. The summed E-state index contributed by atoms with van der Waals surface area (Å²) in [6.07, 6.45) is -4.10. The highest BCUT2D eigenvalue weighted by atomic mass is 19.4. The molecular weight excluding hydrogens is 131 g/mol. The van der Waals surface area contributed by atoms with Crippen molar-refractivity contribution in [2.75, 3.05) is 6.54 Å². The van der Waals surface area contributed by atoms with Crippen molar-refractivity contribution in [1.82, 2.24) is 5.32 Å². The molecule has 0 fully saturated rings. The van der Waals surface area contributed by atoms with Gasteiger partial charge in [-0.25, -0.2) is 0 Å². The molecule has 1 atom stereocenters. The number of hydrogen-bond donors (Lipinski definition) is 1. The Balaban J connectivity index is 3.59. The molecule has 0 heterocycles. The van der Waals surface area contributed by atoms with Crippen LogP contribution in [-0.4, -0.2) is 18.8 Å². The van der Waals surface area contributed by atoms with Gasteiger partial charge in [-0.05, 0) is 13.5 Å². The van der Waals surface area contributed by atoms with E-state index in [1.54, 1.807) is 6.92 Å². The Bertz CT molecular complexity index is 78.8. The minimum atomic E-state index is -4.10. The smallest absolute Gasteiger partial charge is 0.307 e. The monoisotopic (exact) mass is 141 g/mol. The third-order valence-corrected chi connectivity index (χ3v) is 1.00. The van der Waals surface area contributed by atoms with E-state index in [4.69, 9.17) is 0 Å². The molecule has 0 saturated carbocycles. The number of halogens is 3. The van der Waals surface area contributed by atoms with Gasteiger partial charge in [0.2, 0.25) is 0 Å². The maximum absolute atomic E-state index is 11.6. The highest BCUT2D eigenvalue weighted by Crippen LogP contribution is 2.18. The molecule has 0 aromatic heterocycles. The molecule has 9 heavy (non-hydrogen) atoms. The van der Waals surface area contributed by atoms with Crippen LogP contribution in [0.5, 0.6) is 0 Å². The molecule has 56 valence electrons. The van der Waals surface area contributed by atoms with Crippen molar-refractivity contribution in [3.8, 4) is 0 Å². The molecule has 0 saturated heterocycles. The molecule has 1 N–H and O–H groups in total. The fourth-order valence-electron chi connectivity index (χ4n) is 0.422. The van der Waals surface area contributed by atoms with Crippen molar-refractivity contribution in [2.24, 2.45) is 0 Å². The SMILES string of the molecule is CCN[C@H](C)C(F)(F)F. The van der Waals surface area contributed by atoms with E-state index in [0.717, 1.165) is 6.92 Å². The van der Waals surface area contributed by atoms with Crippen molar-refractivity contribution < 1.29 is 13.2 Å². The van der Waals surface area contributed by atoms with Crippen LogP contribution in [0.2, 0.25) is 0 Å². The summed E-state index contributed by atoms with van der Waals surface area (Å²) in [5.41, 5.74) is 0. The Morgan fingerprint density at radius 2 is 1.89 bits per heavy atom. The van der Waals surface area contributed by atoms with E-state index in [-0.39, 0.29) is 0 Å². The Labute approximate surface area is 52.2 Å². The van der Waals surface area contributed by atoms with Crippen LogP contribution in [0.25, 0.3) is 0 Å². The van der Waals surface area contributed by atoms with Gasteiger partial charge in [0.05, 0.1) is 0 Å². The molecule has 0 rings (SSSR count). The van der Waals surface area contributed by atoms with E-state index in [1.165, 1.54) is 0 Å². The first-order valence-corrected chi connectivity index (χ1v) is 2.78. The third-order valence-electron chi connectivity index (χ3n) is 1.00. The van der Waals surface area contributed by atoms with Crippen LogP contribution in [0.15, 0.2) is 0 Å². The largest absolute Gasteiger partial charge is 0.403 e. The molecule has 0 aliphatic carbocycles. The molecule has 0 aliphatic heterocycles. The standard InChI is InChI=1S/C5H10F3N/c1-3-9-4(2)5(6,7)8/h4,9H,3H2,1-2H3/t4-/m1/s1. The Morgan fingerprint density at radius 1 is 1.44 bits per heavy atom. The summed E-state index contributed by atoms with van der Waals surface area (Å²) in [5, 5.41) is 2.26. The van der Waals surface area contributed by atoms with Crippen molar-refractivity contribution in [1.29, 1.82) is 0 Å². The first-order valence-electron chi connectivity index (χ1n) is 2.78. The molecule has 0 aromatic rings. The van der Waals surface area contributed by atoms with Gasteiger partial charge in [-0.15, -0.1) is 0 Å².